The normalized spacial score (nSPS) is 25.8. The second kappa shape index (κ2) is 8.28. The number of hydrogen-bond acceptors (Lipinski definition) is 2. The van der Waals surface area contributed by atoms with Crippen molar-refractivity contribution in [2.75, 3.05) is 0 Å². The summed E-state index contributed by atoms with van der Waals surface area (Å²) < 4.78 is 5.60. The number of ether oxygens (including phenoxy) is 1. The quantitative estimate of drug-likeness (QED) is 0.622. The van der Waals surface area contributed by atoms with Crippen molar-refractivity contribution in [1.29, 1.82) is 0 Å². The first-order chi connectivity index (χ1) is 12.8. The van der Waals surface area contributed by atoms with Gasteiger partial charge in [-0.15, -0.1) is 0 Å². The minimum absolute atomic E-state index is 0.135. The van der Waals surface area contributed by atoms with Crippen LogP contribution in [0.5, 0.6) is 0 Å². The van der Waals surface area contributed by atoms with Gasteiger partial charge in [-0.3, -0.25) is 4.90 Å². The average Bonchev–Trinajstić information content (AvgIpc) is 2.96. The Morgan fingerprint density at radius 1 is 1.04 bits per heavy atom. The molecule has 2 atom stereocenters. The van der Waals surface area contributed by atoms with Gasteiger partial charge in [0.2, 0.25) is 0 Å². The van der Waals surface area contributed by atoms with Crippen LogP contribution in [-0.2, 0) is 11.3 Å². The Hall–Kier alpha value is -1.77. The highest BCUT2D eigenvalue weighted by Gasteiger charge is 2.40. The zero-order chi connectivity index (χ0) is 17.8. The lowest BCUT2D eigenvalue weighted by Gasteiger charge is -2.33. The summed E-state index contributed by atoms with van der Waals surface area (Å²) in [6.45, 7) is 0.369. The molecule has 2 heterocycles. The van der Waals surface area contributed by atoms with E-state index in [0.29, 0.717) is 12.6 Å². The van der Waals surface area contributed by atoms with Gasteiger partial charge in [0.05, 0.1) is 6.04 Å². The first-order valence-corrected chi connectivity index (χ1v) is 10.5. The third-order valence-corrected chi connectivity index (χ3v) is 6.49. The lowest BCUT2D eigenvalue weighted by atomic mass is 9.84. The smallest absolute Gasteiger partial charge is 0.410 e. The third-order valence-electron chi connectivity index (χ3n) is 6.49. The highest BCUT2D eigenvalue weighted by Crippen LogP contribution is 2.38. The van der Waals surface area contributed by atoms with Crippen LogP contribution in [0.1, 0.15) is 69.8 Å². The maximum absolute atomic E-state index is 12.6. The van der Waals surface area contributed by atoms with Gasteiger partial charge >= 0.3 is 6.09 Å². The van der Waals surface area contributed by atoms with Crippen molar-refractivity contribution >= 4 is 6.09 Å². The van der Waals surface area contributed by atoms with E-state index in [1.807, 2.05) is 35.2 Å². The fraction of sp³-hybridized carbons (Fsp3) is 0.609. The van der Waals surface area contributed by atoms with Crippen molar-refractivity contribution in [3.05, 3.63) is 47.5 Å². The van der Waals surface area contributed by atoms with E-state index < -0.39 is 0 Å². The summed E-state index contributed by atoms with van der Waals surface area (Å²) in [5, 5.41) is 0. The highest BCUT2D eigenvalue weighted by molar-refractivity contribution is 5.70. The van der Waals surface area contributed by atoms with Gasteiger partial charge in [-0.1, -0.05) is 74.1 Å². The van der Waals surface area contributed by atoms with Crippen molar-refractivity contribution < 1.29 is 9.53 Å². The number of carbonyl (C=O) groups is 1. The van der Waals surface area contributed by atoms with Gasteiger partial charge in [0, 0.05) is 6.04 Å². The van der Waals surface area contributed by atoms with Crippen molar-refractivity contribution in [1.82, 2.24) is 4.90 Å². The number of rotatable bonds is 5. The number of nitrogens with zero attached hydrogens (tertiary/aromatic N) is 1. The predicted molar refractivity (Wildman–Crippen MR) is 104 cm³/mol. The number of hydrogen-bond donors (Lipinski definition) is 0. The number of carbonyl (C=O) groups excluding carboxylic acids is 1. The lowest BCUT2D eigenvalue weighted by molar-refractivity contribution is 0.0814. The zero-order valence-corrected chi connectivity index (χ0v) is 15.7. The molecule has 26 heavy (non-hydrogen) atoms. The minimum atomic E-state index is -0.135. The van der Waals surface area contributed by atoms with Crippen LogP contribution in [0.2, 0.25) is 0 Å². The van der Waals surface area contributed by atoms with Crippen molar-refractivity contribution in [2.24, 2.45) is 5.92 Å². The SMILES string of the molecule is O=C(OCc1ccccc1)N1C2C=C(CCC3CCCCC3)CC1CC2. The summed E-state index contributed by atoms with van der Waals surface area (Å²) in [7, 11) is 0. The summed E-state index contributed by atoms with van der Waals surface area (Å²) in [6, 6.07) is 10.6. The maximum atomic E-state index is 12.6. The summed E-state index contributed by atoms with van der Waals surface area (Å²) in [6.07, 6.45) is 15.3. The lowest BCUT2D eigenvalue weighted by Crippen LogP contribution is -2.43. The molecule has 1 aromatic rings. The molecule has 1 saturated carbocycles. The van der Waals surface area contributed by atoms with E-state index in [2.05, 4.69) is 6.08 Å². The Kier molecular flexibility index (Phi) is 5.62. The molecule has 0 N–H and O–H groups in total. The first kappa shape index (κ1) is 17.6. The molecule has 2 unspecified atom stereocenters. The van der Waals surface area contributed by atoms with Gasteiger partial charge in [0.1, 0.15) is 6.61 Å². The second-order valence-electron chi connectivity index (χ2n) is 8.32. The Labute approximate surface area is 157 Å². The molecule has 0 radical (unpaired) electrons. The monoisotopic (exact) mass is 353 g/mol. The van der Waals surface area contributed by atoms with Crippen LogP contribution in [0.25, 0.3) is 0 Å². The molecule has 1 aromatic carbocycles. The third kappa shape index (κ3) is 4.13. The minimum Gasteiger partial charge on any atom is -0.445 e. The highest BCUT2D eigenvalue weighted by atomic mass is 16.6. The van der Waals surface area contributed by atoms with E-state index in [9.17, 15) is 4.79 Å². The summed E-state index contributed by atoms with van der Waals surface area (Å²) in [4.78, 5) is 14.6. The molecule has 0 aromatic heterocycles. The molecule has 4 rings (SSSR count). The fourth-order valence-electron chi connectivity index (χ4n) is 5.05. The molecular formula is C23H31NO2. The van der Waals surface area contributed by atoms with E-state index >= 15 is 0 Å². The van der Waals surface area contributed by atoms with E-state index in [4.69, 9.17) is 4.74 Å². The molecule has 1 aliphatic carbocycles. The van der Waals surface area contributed by atoms with Gasteiger partial charge in [-0.2, -0.15) is 0 Å². The molecule has 3 aliphatic rings. The summed E-state index contributed by atoms with van der Waals surface area (Å²) in [5.74, 6) is 0.941. The summed E-state index contributed by atoms with van der Waals surface area (Å²) >= 11 is 0. The topological polar surface area (TPSA) is 29.5 Å². The molecule has 2 fully saturated rings. The molecule has 140 valence electrons. The van der Waals surface area contributed by atoms with Crippen LogP contribution in [0.3, 0.4) is 0 Å². The molecule has 1 saturated heterocycles. The summed E-state index contributed by atoms with van der Waals surface area (Å²) in [5.41, 5.74) is 2.64. The average molecular weight is 354 g/mol. The molecule has 1 amide bonds. The Balaban J connectivity index is 1.30. The number of benzene rings is 1. The van der Waals surface area contributed by atoms with Crippen LogP contribution < -0.4 is 0 Å². The van der Waals surface area contributed by atoms with Gasteiger partial charge in [0.15, 0.2) is 0 Å². The fourth-order valence-corrected chi connectivity index (χ4v) is 5.05. The van der Waals surface area contributed by atoms with Crippen molar-refractivity contribution in [2.45, 2.75) is 82.9 Å². The van der Waals surface area contributed by atoms with Crippen molar-refractivity contribution in [3.8, 4) is 0 Å². The van der Waals surface area contributed by atoms with Crippen LogP contribution in [-0.4, -0.2) is 23.1 Å². The molecule has 0 spiro atoms. The van der Waals surface area contributed by atoms with Crippen LogP contribution in [0.15, 0.2) is 42.0 Å². The first-order valence-electron chi connectivity index (χ1n) is 10.5. The van der Waals surface area contributed by atoms with Gasteiger partial charge in [-0.25, -0.2) is 4.79 Å². The van der Waals surface area contributed by atoms with Crippen LogP contribution >= 0.6 is 0 Å². The van der Waals surface area contributed by atoms with Crippen LogP contribution in [0, 0.1) is 5.92 Å². The van der Waals surface area contributed by atoms with E-state index in [0.717, 1.165) is 30.7 Å². The second-order valence-corrected chi connectivity index (χ2v) is 8.32. The van der Waals surface area contributed by atoms with Gasteiger partial charge < -0.3 is 4.74 Å². The van der Waals surface area contributed by atoms with Gasteiger partial charge in [-0.05, 0) is 43.6 Å². The Morgan fingerprint density at radius 2 is 1.85 bits per heavy atom. The van der Waals surface area contributed by atoms with Crippen molar-refractivity contribution in [3.63, 3.8) is 0 Å². The maximum Gasteiger partial charge on any atom is 0.410 e. The van der Waals surface area contributed by atoms with E-state index in [-0.39, 0.29) is 12.1 Å². The zero-order valence-electron chi connectivity index (χ0n) is 15.7. The van der Waals surface area contributed by atoms with Crippen LogP contribution in [0.4, 0.5) is 4.79 Å². The van der Waals surface area contributed by atoms with E-state index in [1.54, 1.807) is 5.57 Å². The Bertz CT molecular complexity index is 633. The standard InChI is InChI=1S/C23H31NO2/c25-23(26-17-19-9-5-2-6-10-19)24-21-13-14-22(24)16-20(15-21)12-11-18-7-3-1-4-8-18/h2,5-6,9-10,15,18,21-22H,1,3-4,7-8,11-14,16-17H2. The van der Waals surface area contributed by atoms with Gasteiger partial charge in [0.25, 0.3) is 0 Å². The predicted octanol–water partition coefficient (Wildman–Crippen LogP) is 5.85. The molecular weight excluding hydrogens is 322 g/mol. The molecule has 3 nitrogen and oxygen atoms in total. The molecule has 2 aliphatic heterocycles. The number of amides is 1. The van der Waals surface area contributed by atoms with E-state index in [1.165, 1.54) is 44.9 Å². The Morgan fingerprint density at radius 3 is 2.62 bits per heavy atom. The number of fused-ring (bicyclic) bond motifs is 2. The molecule has 2 bridgehead atoms. The largest absolute Gasteiger partial charge is 0.445 e. The molecule has 3 heteroatoms.